The van der Waals surface area contributed by atoms with E-state index in [1.165, 1.54) is 12.1 Å². The van der Waals surface area contributed by atoms with Crippen LogP contribution in [0.5, 0.6) is 5.75 Å². The van der Waals surface area contributed by atoms with E-state index in [0.29, 0.717) is 46.4 Å². The molecule has 5 aromatic rings. The molecule has 2 aliphatic rings. The zero-order valence-corrected chi connectivity index (χ0v) is 25.0. The molecule has 7 nitrogen and oxygen atoms in total. The predicted molar refractivity (Wildman–Crippen MR) is 170 cm³/mol. The number of benzene rings is 4. The summed E-state index contributed by atoms with van der Waals surface area (Å²) < 4.78 is 20.6. The Morgan fingerprint density at radius 3 is 2.16 bits per heavy atom. The molecule has 0 bridgehead atoms. The Hall–Kier alpha value is -5.08. The molecule has 4 aromatic carbocycles. The number of aromatic nitrogens is 1. The minimum atomic E-state index is -0.528. The van der Waals surface area contributed by atoms with E-state index >= 15 is 0 Å². The second-order valence-corrected chi connectivity index (χ2v) is 11.7. The molecule has 0 N–H and O–H groups in total. The second-order valence-electron chi connectivity index (χ2n) is 11.7. The van der Waals surface area contributed by atoms with Gasteiger partial charge in [-0.15, -0.1) is 0 Å². The summed E-state index contributed by atoms with van der Waals surface area (Å²) in [5.74, 6) is -0.331. The Morgan fingerprint density at radius 2 is 1.51 bits per heavy atom. The molecular formula is C37H33FN4O3. The van der Waals surface area contributed by atoms with E-state index in [1.807, 2.05) is 84.7 Å². The Kier molecular flexibility index (Phi) is 7.73. The summed E-state index contributed by atoms with van der Waals surface area (Å²) in [4.78, 5) is 39.2. The number of hydrogen-bond donors (Lipinski definition) is 0. The largest absolute Gasteiger partial charge is 0.478 e. The topological polar surface area (TPSA) is 66.0 Å². The van der Waals surface area contributed by atoms with E-state index < -0.39 is 6.10 Å². The number of ether oxygens (including phenoxy) is 1. The third-order valence-corrected chi connectivity index (χ3v) is 8.70. The smallest absolute Gasteiger partial charge is 0.258 e. The number of carbonyl (C=O) groups excluding carboxylic acids is 2. The van der Waals surface area contributed by atoms with Crippen molar-refractivity contribution in [3.8, 4) is 5.75 Å². The number of halogens is 1. The van der Waals surface area contributed by atoms with Gasteiger partial charge < -0.3 is 19.4 Å². The van der Waals surface area contributed by atoms with Crippen molar-refractivity contribution in [1.82, 2.24) is 19.7 Å². The van der Waals surface area contributed by atoms with Crippen molar-refractivity contribution in [2.75, 3.05) is 33.2 Å². The number of hydrogen-bond acceptors (Lipinski definition) is 5. The van der Waals surface area contributed by atoms with Crippen molar-refractivity contribution in [3.63, 3.8) is 0 Å². The highest BCUT2D eigenvalue weighted by Crippen LogP contribution is 2.43. The molecular weight excluding hydrogens is 567 g/mol. The first-order chi connectivity index (χ1) is 22.0. The Bertz CT molecular complexity index is 1820. The highest BCUT2D eigenvalue weighted by atomic mass is 19.1. The van der Waals surface area contributed by atoms with E-state index in [-0.39, 0.29) is 30.7 Å². The van der Waals surface area contributed by atoms with Gasteiger partial charge in [0.05, 0.1) is 11.1 Å². The van der Waals surface area contributed by atoms with Gasteiger partial charge in [0.15, 0.2) is 5.75 Å². The first-order valence-corrected chi connectivity index (χ1v) is 15.2. The van der Waals surface area contributed by atoms with E-state index in [2.05, 4.69) is 4.90 Å². The first kappa shape index (κ1) is 28.7. The van der Waals surface area contributed by atoms with Crippen LogP contribution in [-0.4, -0.2) is 64.7 Å². The van der Waals surface area contributed by atoms with Crippen LogP contribution in [-0.2, 0) is 13.1 Å². The van der Waals surface area contributed by atoms with Gasteiger partial charge in [0.2, 0.25) is 0 Å². The minimum absolute atomic E-state index is 0.108. The summed E-state index contributed by atoms with van der Waals surface area (Å²) in [5.41, 5.74) is 4.61. The van der Waals surface area contributed by atoms with Crippen LogP contribution < -0.4 is 4.74 Å². The number of fused-ring (bicyclic) bond motifs is 2. The fourth-order valence-corrected chi connectivity index (χ4v) is 6.30. The van der Waals surface area contributed by atoms with Crippen molar-refractivity contribution in [3.05, 3.63) is 142 Å². The number of carbonyl (C=O) groups is 2. The molecule has 0 spiro atoms. The highest BCUT2D eigenvalue weighted by Gasteiger charge is 2.39. The molecule has 0 saturated carbocycles. The molecule has 0 radical (unpaired) electrons. The Balaban J connectivity index is 1.40. The van der Waals surface area contributed by atoms with Gasteiger partial charge in [-0.25, -0.2) is 4.39 Å². The van der Waals surface area contributed by atoms with Gasteiger partial charge in [0.1, 0.15) is 17.4 Å². The van der Waals surface area contributed by atoms with Gasteiger partial charge in [-0.05, 0) is 41.9 Å². The van der Waals surface area contributed by atoms with Crippen LogP contribution in [0.15, 0.2) is 103 Å². The third kappa shape index (κ3) is 5.53. The number of likely N-dealkylation sites (N-methyl/N-ethyl adjacent to an activating group) is 1. The summed E-state index contributed by atoms with van der Waals surface area (Å²) >= 11 is 0. The van der Waals surface area contributed by atoms with Crippen LogP contribution in [0.1, 0.15) is 49.1 Å². The quantitative estimate of drug-likeness (QED) is 0.226. The normalized spacial score (nSPS) is 15.1. The molecule has 2 aliphatic heterocycles. The molecule has 45 heavy (non-hydrogen) atoms. The third-order valence-electron chi connectivity index (χ3n) is 8.70. The average Bonchev–Trinajstić information content (AvgIpc) is 3.39. The van der Waals surface area contributed by atoms with Crippen LogP contribution in [0.25, 0.3) is 10.9 Å². The molecule has 0 atom stereocenters. The molecule has 3 heterocycles. The number of amides is 2. The standard InChI is InChI=1S/C37H33FN4O3/c1-40-19-21-41(22-20-40)36(43)31-29-13-8-18-39-33(29)35(45-34(26-9-4-2-5-10-26)27-11-6-3-7-12-27)32-30(31)24-42(37(32)44)23-25-14-16-28(38)17-15-25/h2-18,34H,19-24H2,1H3. The maximum Gasteiger partial charge on any atom is 0.258 e. The van der Waals surface area contributed by atoms with Crippen LogP contribution in [0.2, 0.25) is 0 Å². The predicted octanol–water partition coefficient (Wildman–Crippen LogP) is 6.09. The lowest BCUT2D eigenvalue weighted by molar-refractivity contribution is 0.0662. The highest BCUT2D eigenvalue weighted by molar-refractivity contribution is 6.16. The van der Waals surface area contributed by atoms with Gasteiger partial charge in [0, 0.05) is 56.4 Å². The Morgan fingerprint density at radius 1 is 0.867 bits per heavy atom. The number of pyridine rings is 1. The van der Waals surface area contributed by atoms with E-state index in [9.17, 15) is 14.0 Å². The van der Waals surface area contributed by atoms with Crippen LogP contribution >= 0.6 is 0 Å². The molecule has 7 rings (SSSR count). The van der Waals surface area contributed by atoms with Gasteiger partial charge in [0.25, 0.3) is 11.8 Å². The van der Waals surface area contributed by atoms with Crippen molar-refractivity contribution in [1.29, 1.82) is 0 Å². The average molecular weight is 601 g/mol. The van der Waals surface area contributed by atoms with E-state index in [4.69, 9.17) is 9.72 Å². The lowest BCUT2D eigenvalue weighted by atomic mass is 9.94. The summed E-state index contributed by atoms with van der Waals surface area (Å²) in [5, 5.41) is 0.659. The van der Waals surface area contributed by atoms with Crippen molar-refractivity contribution < 1.29 is 18.7 Å². The van der Waals surface area contributed by atoms with Crippen LogP contribution in [0.3, 0.4) is 0 Å². The lowest BCUT2D eigenvalue weighted by Gasteiger charge is -2.33. The molecule has 1 fully saturated rings. The molecule has 2 amide bonds. The van der Waals surface area contributed by atoms with Gasteiger partial charge in [-0.2, -0.15) is 0 Å². The van der Waals surface area contributed by atoms with E-state index in [0.717, 1.165) is 29.8 Å². The van der Waals surface area contributed by atoms with Crippen LogP contribution in [0.4, 0.5) is 4.39 Å². The number of rotatable bonds is 7. The first-order valence-electron chi connectivity index (χ1n) is 15.2. The molecule has 1 saturated heterocycles. The molecule has 8 heteroatoms. The Labute approximate surface area is 261 Å². The summed E-state index contributed by atoms with van der Waals surface area (Å²) in [6, 6.07) is 29.6. The maximum atomic E-state index is 14.4. The van der Waals surface area contributed by atoms with E-state index in [1.54, 1.807) is 23.2 Å². The zero-order valence-electron chi connectivity index (χ0n) is 25.0. The summed E-state index contributed by atoms with van der Waals surface area (Å²) in [6.45, 7) is 3.24. The van der Waals surface area contributed by atoms with Gasteiger partial charge >= 0.3 is 0 Å². The second kappa shape index (κ2) is 12.1. The number of nitrogens with zero attached hydrogens (tertiary/aromatic N) is 4. The maximum absolute atomic E-state index is 14.4. The van der Waals surface area contributed by atoms with Gasteiger partial charge in [-0.3, -0.25) is 14.6 Å². The van der Waals surface area contributed by atoms with Gasteiger partial charge in [-0.1, -0.05) is 78.9 Å². The number of piperazine rings is 1. The molecule has 226 valence electrons. The zero-order chi connectivity index (χ0) is 30.9. The van der Waals surface area contributed by atoms with Crippen LogP contribution in [0, 0.1) is 5.82 Å². The monoisotopic (exact) mass is 600 g/mol. The van der Waals surface area contributed by atoms with Crippen molar-refractivity contribution in [2.24, 2.45) is 0 Å². The summed E-state index contributed by atoms with van der Waals surface area (Å²) in [7, 11) is 2.05. The molecule has 1 aromatic heterocycles. The van der Waals surface area contributed by atoms with Crippen molar-refractivity contribution >= 4 is 22.7 Å². The van der Waals surface area contributed by atoms with Crippen molar-refractivity contribution in [2.45, 2.75) is 19.2 Å². The fraction of sp³-hybridized carbons (Fsp3) is 0.216. The SMILES string of the molecule is CN1CCN(C(=O)c2c3c(c(OC(c4ccccc4)c4ccccc4)c4ncccc24)C(=O)N(Cc2ccc(F)cc2)C3)CC1. The fourth-order valence-electron chi connectivity index (χ4n) is 6.30. The molecule has 0 unspecified atom stereocenters. The minimum Gasteiger partial charge on any atom is -0.478 e. The summed E-state index contributed by atoms with van der Waals surface area (Å²) in [6.07, 6.45) is 1.14. The lowest BCUT2D eigenvalue weighted by Crippen LogP contribution is -2.47. The molecule has 0 aliphatic carbocycles.